The maximum Gasteiger partial charge on any atom is 0.271 e. The van der Waals surface area contributed by atoms with Crippen molar-refractivity contribution in [3.8, 4) is 0 Å². The summed E-state index contributed by atoms with van der Waals surface area (Å²) in [4.78, 5) is 10.1. The molecular formula is C13H12FN3O2. The van der Waals surface area contributed by atoms with Crippen LogP contribution in [-0.2, 0) is 6.54 Å². The summed E-state index contributed by atoms with van der Waals surface area (Å²) in [7, 11) is 0. The number of hydrogen-bond acceptors (Lipinski definition) is 4. The largest absolute Gasteiger partial charge is 0.397 e. The van der Waals surface area contributed by atoms with Gasteiger partial charge in [-0.1, -0.05) is 12.1 Å². The summed E-state index contributed by atoms with van der Waals surface area (Å²) < 4.78 is 13.0. The van der Waals surface area contributed by atoms with Crippen LogP contribution >= 0.6 is 0 Å². The third-order valence-corrected chi connectivity index (χ3v) is 2.62. The number of nitro benzene ring substituents is 1. The molecule has 0 unspecified atom stereocenters. The molecule has 2 rings (SSSR count). The van der Waals surface area contributed by atoms with Crippen LogP contribution in [0.5, 0.6) is 0 Å². The fraction of sp³-hybridized carbons (Fsp3) is 0.0769. The van der Waals surface area contributed by atoms with Gasteiger partial charge in [0.2, 0.25) is 0 Å². The van der Waals surface area contributed by atoms with E-state index in [0.717, 1.165) is 5.56 Å². The molecular weight excluding hydrogens is 249 g/mol. The Kier molecular flexibility index (Phi) is 3.61. The van der Waals surface area contributed by atoms with Crippen LogP contribution in [0.1, 0.15) is 5.56 Å². The average Bonchev–Trinajstić information content (AvgIpc) is 2.37. The van der Waals surface area contributed by atoms with Crippen LogP contribution in [0, 0.1) is 15.9 Å². The summed E-state index contributed by atoms with van der Waals surface area (Å²) in [6, 6.07) is 10.4. The number of nitrogen functional groups attached to an aromatic ring is 1. The number of non-ortho nitro benzene ring substituents is 1. The Morgan fingerprint density at radius 1 is 1.26 bits per heavy atom. The van der Waals surface area contributed by atoms with Gasteiger partial charge in [-0.3, -0.25) is 10.1 Å². The number of nitrogens with zero attached hydrogens (tertiary/aromatic N) is 1. The second-order valence-electron chi connectivity index (χ2n) is 4.01. The molecule has 0 aliphatic heterocycles. The van der Waals surface area contributed by atoms with Crippen molar-refractivity contribution >= 4 is 17.1 Å². The van der Waals surface area contributed by atoms with E-state index in [0.29, 0.717) is 12.2 Å². The Hall–Kier alpha value is -2.63. The van der Waals surface area contributed by atoms with Gasteiger partial charge in [-0.15, -0.1) is 0 Å². The second-order valence-corrected chi connectivity index (χ2v) is 4.01. The number of nitrogens with one attached hydrogen (secondary N) is 1. The Balaban J connectivity index is 2.10. The van der Waals surface area contributed by atoms with Gasteiger partial charge < -0.3 is 11.1 Å². The lowest BCUT2D eigenvalue weighted by atomic mass is 10.2. The van der Waals surface area contributed by atoms with Crippen molar-refractivity contribution in [2.75, 3.05) is 11.1 Å². The minimum absolute atomic E-state index is 0.0613. The highest BCUT2D eigenvalue weighted by atomic mass is 19.1. The van der Waals surface area contributed by atoms with Crippen molar-refractivity contribution in [1.29, 1.82) is 0 Å². The average molecular weight is 261 g/mol. The van der Waals surface area contributed by atoms with Crippen molar-refractivity contribution in [2.45, 2.75) is 6.54 Å². The minimum Gasteiger partial charge on any atom is -0.397 e. The van der Waals surface area contributed by atoms with Crippen LogP contribution in [0.15, 0.2) is 42.5 Å². The third-order valence-electron chi connectivity index (χ3n) is 2.62. The summed E-state index contributed by atoms with van der Waals surface area (Å²) in [6.07, 6.45) is 0. The number of nitrogens with two attached hydrogens (primary N) is 1. The predicted octanol–water partition coefficient (Wildman–Crippen LogP) is 2.93. The van der Waals surface area contributed by atoms with Crippen molar-refractivity contribution in [3.63, 3.8) is 0 Å². The molecule has 0 aromatic heterocycles. The van der Waals surface area contributed by atoms with Crippen molar-refractivity contribution in [1.82, 2.24) is 0 Å². The minimum atomic E-state index is -0.507. The molecule has 19 heavy (non-hydrogen) atoms. The first-order chi connectivity index (χ1) is 9.06. The molecule has 0 fully saturated rings. The molecule has 0 radical (unpaired) electrons. The van der Waals surface area contributed by atoms with E-state index in [1.807, 2.05) is 0 Å². The number of halogens is 1. The first kappa shape index (κ1) is 12.8. The zero-order valence-corrected chi connectivity index (χ0v) is 9.97. The van der Waals surface area contributed by atoms with E-state index in [-0.39, 0.29) is 17.2 Å². The lowest BCUT2D eigenvalue weighted by Gasteiger charge is -2.09. The number of benzene rings is 2. The fourth-order valence-electron chi connectivity index (χ4n) is 1.67. The lowest BCUT2D eigenvalue weighted by Crippen LogP contribution is -2.03. The monoisotopic (exact) mass is 261 g/mol. The summed E-state index contributed by atoms with van der Waals surface area (Å²) in [5, 5.41) is 13.6. The Bertz CT molecular complexity index is 617. The van der Waals surface area contributed by atoms with E-state index in [4.69, 9.17) is 5.73 Å². The van der Waals surface area contributed by atoms with E-state index in [1.165, 1.54) is 30.3 Å². The van der Waals surface area contributed by atoms with E-state index < -0.39 is 4.92 Å². The molecule has 3 N–H and O–H groups in total. The highest BCUT2D eigenvalue weighted by Crippen LogP contribution is 2.24. The van der Waals surface area contributed by atoms with E-state index in [1.54, 1.807) is 12.1 Å². The molecule has 5 nitrogen and oxygen atoms in total. The van der Waals surface area contributed by atoms with Gasteiger partial charge in [0.25, 0.3) is 5.69 Å². The summed E-state index contributed by atoms with van der Waals surface area (Å²) in [6.45, 7) is 0.389. The first-order valence-corrected chi connectivity index (χ1v) is 5.58. The van der Waals surface area contributed by atoms with Crippen LogP contribution in [0.25, 0.3) is 0 Å². The maximum atomic E-state index is 13.0. The third kappa shape index (κ3) is 3.19. The quantitative estimate of drug-likeness (QED) is 0.503. The molecule has 0 saturated carbocycles. The highest BCUT2D eigenvalue weighted by Gasteiger charge is 2.08. The van der Waals surface area contributed by atoms with Crippen LogP contribution in [0.3, 0.4) is 0 Å². The summed E-state index contributed by atoms with van der Waals surface area (Å²) >= 11 is 0. The normalized spacial score (nSPS) is 10.2. The fourth-order valence-corrected chi connectivity index (χ4v) is 1.67. The van der Waals surface area contributed by atoms with E-state index in [2.05, 4.69) is 5.32 Å². The summed E-state index contributed by atoms with van der Waals surface area (Å²) in [5.74, 6) is -0.309. The maximum absolute atomic E-state index is 13.0. The number of anilines is 2. The SMILES string of the molecule is Nc1cc([N+](=O)[O-])ccc1NCc1cccc(F)c1. The molecule has 0 amide bonds. The Morgan fingerprint density at radius 2 is 2.05 bits per heavy atom. The van der Waals surface area contributed by atoms with Crippen LogP contribution < -0.4 is 11.1 Å². The first-order valence-electron chi connectivity index (χ1n) is 5.58. The van der Waals surface area contributed by atoms with Gasteiger partial charge in [0.15, 0.2) is 0 Å². The Labute approximate surface area is 109 Å². The molecule has 0 atom stereocenters. The lowest BCUT2D eigenvalue weighted by molar-refractivity contribution is -0.384. The standard InChI is InChI=1S/C13H12FN3O2/c14-10-3-1-2-9(6-10)8-16-13-5-4-11(17(18)19)7-12(13)15/h1-7,16H,8,15H2. The van der Waals surface area contributed by atoms with Gasteiger partial charge in [-0.2, -0.15) is 0 Å². The van der Waals surface area contributed by atoms with Gasteiger partial charge in [0, 0.05) is 18.7 Å². The zero-order chi connectivity index (χ0) is 13.8. The molecule has 6 heteroatoms. The number of hydrogen-bond donors (Lipinski definition) is 2. The van der Waals surface area contributed by atoms with Crippen molar-refractivity contribution in [2.24, 2.45) is 0 Å². The van der Waals surface area contributed by atoms with Crippen molar-refractivity contribution < 1.29 is 9.31 Å². The molecule has 0 spiro atoms. The van der Waals surface area contributed by atoms with Gasteiger partial charge in [0.05, 0.1) is 16.3 Å². The van der Waals surface area contributed by atoms with Gasteiger partial charge >= 0.3 is 0 Å². The van der Waals surface area contributed by atoms with E-state index in [9.17, 15) is 14.5 Å². The van der Waals surface area contributed by atoms with Gasteiger partial charge in [-0.25, -0.2) is 4.39 Å². The topological polar surface area (TPSA) is 81.2 Å². The smallest absolute Gasteiger partial charge is 0.271 e. The number of nitro groups is 1. The molecule has 0 saturated heterocycles. The molecule has 2 aromatic carbocycles. The summed E-state index contributed by atoms with van der Waals surface area (Å²) in [5.41, 5.74) is 7.27. The van der Waals surface area contributed by atoms with E-state index >= 15 is 0 Å². The molecule has 0 aliphatic carbocycles. The van der Waals surface area contributed by atoms with Crippen LogP contribution in [0.2, 0.25) is 0 Å². The van der Waals surface area contributed by atoms with Crippen LogP contribution in [-0.4, -0.2) is 4.92 Å². The van der Waals surface area contributed by atoms with Crippen molar-refractivity contribution in [3.05, 3.63) is 64.0 Å². The number of rotatable bonds is 4. The van der Waals surface area contributed by atoms with Crippen LogP contribution in [0.4, 0.5) is 21.5 Å². The highest BCUT2D eigenvalue weighted by molar-refractivity contribution is 5.69. The second kappa shape index (κ2) is 5.34. The molecule has 2 aromatic rings. The van der Waals surface area contributed by atoms with Gasteiger partial charge in [0.1, 0.15) is 5.82 Å². The predicted molar refractivity (Wildman–Crippen MR) is 71.2 cm³/mol. The Morgan fingerprint density at radius 3 is 2.68 bits per heavy atom. The molecule has 0 bridgehead atoms. The molecule has 0 aliphatic rings. The molecule has 98 valence electrons. The zero-order valence-electron chi connectivity index (χ0n) is 9.97. The van der Waals surface area contributed by atoms with Gasteiger partial charge in [-0.05, 0) is 23.8 Å². The molecule has 0 heterocycles.